The SMILES string of the molecule is C=C1CC(=O)C2CCC(C3CCC4C(=C)OC(=O)C4C3)CC12. The van der Waals surface area contributed by atoms with Crippen molar-refractivity contribution in [2.24, 2.45) is 35.5 Å². The Morgan fingerprint density at radius 3 is 2.18 bits per heavy atom. The first-order valence-corrected chi connectivity index (χ1v) is 8.65. The highest BCUT2D eigenvalue weighted by Gasteiger charge is 2.48. The Kier molecular flexibility index (Phi) is 3.28. The summed E-state index contributed by atoms with van der Waals surface area (Å²) < 4.78 is 5.25. The fourth-order valence-electron chi connectivity index (χ4n) is 5.51. The fourth-order valence-corrected chi connectivity index (χ4v) is 5.51. The van der Waals surface area contributed by atoms with Gasteiger partial charge in [0.2, 0.25) is 0 Å². The molecule has 0 amide bonds. The van der Waals surface area contributed by atoms with Crippen molar-refractivity contribution in [1.29, 1.82) is 0 Å². The molecule has 3 aliphatic carbocycles. The van der Waals surface area contributed by atoms with Gasteiger partial charge in [-0.15, -0.1) is 0 Å². The number of hydrogen-bond donors (Lipinski definition) is 0. The van der Waals surface area contributed by atoms with E-state index in [1.165, 1.54) is 6.42 Å². The van der Waals surface area contributed by atoms with Gasteiger partial charge >= 0.3 is 5.97 Å². The predicted molar refractivity (Wildman–Crippen MR) is 82.6 cm³/mol. The molecule has 0 aromatic rings. The molecule has 118 valence electrons. The lowest BCUT2D eigenvalue weighted by Crippen LogP contribution is -2.34. The molecule has 3 nitrogen and oxygen atoms in total. The summed E-state index contributed by atoms with van der Waals surface area (Å²) in [7, 11) is 0. The van der Waals surface area contributed by atoms with Crippen molar-refractivity contribution in [3.63, 3.8) is 0 Å². The van der Waals surface area contributed by atoms with Crippen LogP contribution in [0.4, 0.5) is 0 Å². The summed E-state index contributed by atoms with van der Waals surface area (Å²) in [5.41, 5.74) is 1.15. The average molecular weight is 300 g/mol. The van der Waals surface area contributed by atoms with Gasteiger partial charge < -0.3 is 4.74 Å². The van der Waals surface area contributed by atoms with Crippen molar-refractivity contribution in [2.75, 3.05) is 0 Å². The van der Waals surface area contributed by atoms with Gasteiger partial charge in [0.15, 0.2) is 0 Å². The van der Waals surface area contributed by atoms with E-state index in [0.717, 1.165) is 37.7 Å². The molecule has 1 saturated heterocycles. The maximum atomic E-state index is 12.0. The molecule has 1 heterocycles. The van der Waals surface area contributed by atoms with E-state index in [0.29, 0.717) is 35.7 Å². The average Bonchev–Trinajstić information content (AvgIpc) is 2.96. The lowest BCUT2D eigenvalue weighted by molar-refractivity contribution is -0.140. The van der Waals surface area contributed by atoms with Crippen molar-refractivity contribution in [1.82, 2.24) is 0 Å². The van der Waals surface area contributed by atoms with E-state index in [4.69, 9.17) is 4.74 Å². The third kappa shape index (κ3) is 2.09. The van der Waals surface area contributed by atoms with E-state index in [1.807, 2.05) is 0 Å². The maximum absolute atomic E-state index is 12.0. The van der Waals surface area contributed by atoms with Crippen molar-refractivity contribution in [3.05, 3.63) is 24.5 Å². The molecule has 0 aromatic heterocycles. The summed E-state index contributed by atoms with van der Waals surface area (Å²) in [5.74, 6) is 3.23. The first-order valence-electron chi connectivity index (χ1n) is 8.65. The molecule has 0 radical (unpaired) electrons. The molecule has 0 aromatic carbocycles. The van der Waals surface area contributed by atoms with Gasteiger partial charge in [0.05, 0.1) is 5.92 Å². The second kappa shape index (κ2) is 5.07. The van der Waals surface area contributed by atoms with Crippen molar-refractivity contribution >= 4 is 11.8 Å². The number of ether oxygens (including phenoxy) is 1. The smallest absolute Gasteiger partial charge is 0.314 e. The van der Waals surface area contributed by atoms with E-state index < -0.39 is 0 Å². The summed E-state index contributed by atoms with van der Waals surface area (Å²) in [5, 5.41) is 0. The van der Waals surface area contributed by atoms with E-state index in [9.17, 15) is 9.59 Å². The molecule has 22 heavy (non-hydrogen) atoms. The molecule has 4 rings (SSSR count). The fraction of sp³-hybridized carbons (Fsp3) is 0.684. The predicted octanol–water partition coefficient (Wildman–Crippen LogP) is 3.65. The monoisotopic (exact) mass is 300 g/mol. The molecule has 0 N–H and O–H groups in total. The maximum Gasteiger partial charge on any atom is 0.314 e. The Labute approximate surface area is 131 Å². The standard InChI is InChI=1S/C19H24O3/c1-10-7-18(20)15-6-4-12(8-16(10)15)13-3-5-14-11(2)22-19(21)17(14)9-13/h12-17H,1-9H2. The zero-order valence-corrected chi connectivity index (χ0v) is 13.1. The van der Waals surface area contributed by atoms with Gasteiger partial charge in [-0.1, -0.05) is 18.7 Å². The summed E-state index contributed by atoms with van der Waals surface area (Å²) in [6.45, 7) is 8.03. The molecule has 0 spiro atoms. The van der Waals surface area contributed by atoms with Crippen LogP contribution in [0.15, 0.2) is 24.5 Å². The topological polar surface area (TPSA) is 43.4 Å². The third-order valence-electron chi connectivity index (χ3n) is 6.74. The molecular weight excluding hydrogens is 276 g/mol. The lowest BCUT2D eigenvalue weighted by atomic mass is 9.64. The van der Waals surface area contributed by atoms with E-state index in [-0.39, 0.29) is 23.7 Å². The zero-order chi connectivity index (χ0) is 15.4. The highest BCUT2D eigenvalue weighted by molar-refractivity contribution is 5.87. The molecular formula is C19H24O3. The lowest BCUT2D eigenvalue weighted by Gasteiger charge is -2.39. The molecule has 6 unspecified atom stereocenters. The van der Waals surface area contributed by atoms with Crippen LogP contribution in [0, 0.1) is 35.5 Å². The molecule has 4 aliphatic rings. The number of carbonyl (C=O) groups is 2. The van der Waals surface area contributed by atoms with Gasteiger partial charge in [-0.3, -0.25) is 9.59 Å². The van der Waals surface area contributed by atoms with Crippen molar-refractivity contribution in [2.45, 2.75) is 44.9 Å². The summed E-state index contributed by atoms with van der Waals surface area (Å²) >= 11 is 0. The highest BCUT2D eigenvalue weighted by atomic mass is 16.5. The Morgan fingerprint density at radius 2 is 1.45 bits per heavy atom. The van der Waals surface area contributed by atoms with Gasteiger partial charge in [-0.2, -0.15) is 0 Å². The number of hydrogen-bond acceptors (Lipinski definition) is 3. The largest absolute Gasteiger partial charge is 0.431 e. The molecule has 1 aliphatic heterocycles. The Balaban J connectivity index is 1.45. The van der Waals surface area contributed by atoms with Crippen LogP contribution in [0.2, 0.25) is 0 Å². The van der Waals surface area contributed by atoms with Gasteiger partial charge in [0.25, 0.3) is 0 Å². The highest BCUT2D eigenvalue weighted by Crippen LogP contribution is 2.52. The summed E-state index contributed by atoms with van der Waals surface area (Å²) in [6, 6.07) is 0. The van der Waals surface area contributed by atoms with E-state index in [2.05, 4.69) is 13.2 Å². The third-order valence-corrected chi connectivity index (χ3v) is 6.74. The number of rotatable bonds is 1. The second-order valence-electron chi connectivity index (χ2n) is 7.76. The first-order chi connectivity index (χ1) is 10.5. The molecule has 4 fully saturated rings. The number of allylic oxidation sites excluding steroid dienone is 2. The van der Waals surface area contributed by atoms with Crippen LogP contribution in [0.5, 0.6) is 0 Å². The van der Waals surface area contributed by atoms with Crippen LogP contribution in [0.1, 0.15) is 44.9 Å². The Hall–Kier alpha value is -1.38. The minimum absolute atomic E-state index is 0.0392. The van der Waals surface area contributed by atoms with Gasteiger partial charge in [-0.25, -0.2) is 0 Å². The van der Waals surface area contributed by atoms with Gasteiger partial charge in [0, 0.05) is 18.3 Å². The number of cyclic esters (lactones) is 1. The zero-order valence-electron chi connectivity index (χ0n) is 13.1. The number of fused-ring (bicyclic) bond motifs is 2. The molecule has 3 heteroatoms. The number of ketones is 1. The molecule has 0 bridgehead atoms. The van der Waals surface area contributed by atoms with Crippen LogP contribution >= 0.6 is 0 Å². The van der Waals surface area contributed by atoms with Crippen molar-refractivity contribution in [3.8, 4) is 0 Å². The number of carbonyl (C=O) groups excluding carboxylic acids is 2. The second-order valence-corrected chi connectivity index (χ2v) is 7.76. The van der Waals surface area contributed by atoms with Crippen LogP contribution < -0.4 is 0 Å². The summed E-state index contributed by atoms with van der Waals surface area (Å²) in [4.78, 5) is 24.0. The molecule has 6 atom stereocenters. The molecule has 3 saturated carbocycles. The van der Waals surface area contributed by atoms with Crippen LogP contribution in [0.3, 0.4) is 0 Å². The van der Waals surface area contributed by atoms with Crippen LogP contribution in [0.25, 0.3) is 0 Å². The Morgan fingerprint density at radius 1 is 0.818 bits per heavy atom. The number of esters is 1. The van der Waals surface area contributed by atoms with Gasteiger partial charge in [-0.05, 0) is 56.3 Å². The normalized spacial score (nSPS) is 44.7. The minimum Gasteiger partial charge on any atom is -0.431 e. The minimum atomic E-state index is -0.0613. The quantitative estimate of drug-likeness (QED) is 0.548. The number of Topliss-reactive ketones (excluding diaryl/α,β-unsaturated/α-hetero) is 1. The summed E-state index contributed by atoms with van der Waals surface area (Å²) in [6.07, 6.45) is 7.01. The Bertz CT molecular complexity index is 511. The van der Waals surface area contributed by atoms with E-state index >= 15 is 0 Å². The van der Waals surface area contributed by atoms with Crippen LogP contribution in [-0.4, -0.2) is 11.8 Å². The van der Waals surface area contributed by atoms with E-state index in [1.54, 1.807) is 0 Å². The van der Waals surface area contributed by atoms with Gasteiger partial charge in [0.1, 0.15) is 11.5 Å². The first kappa shape index (κ1) is 14.2. The van der Waals surface area contributed by atoms with Crippen LogP contribution in [-0.2, 0) is 14.3 Å². The van der Waals surface area contributed by atoms with Crippen molar-refractivity contribution < 1.29 is 14.3 Å².